The van der Waals surface area contributed by atoms with Crippen LogP contribution in [0.2, 0.25) is 0 Å². The van der Waals surface area contributed by atoms with E-state index in [9.17, 15) is 8.78 Å². The Morgan fingerprint density at radius 1 is 1.33 bits per heavy atom. The highest BCUT2D eigenvalue weighted by atomic mass is 127. The summed E-state index contributed by atoms with van der Waals surface area (Å²) in [4.78, 5) is 0. The van der Waals surface area contributed by atoms with E-state index in [-0.39, 0.29) is 0 Å². The van der Waals surface area contributed by atoms with Gasteiger partial charge in [0, 0.05) is 21.7 Å². The highest BCUT2D eigenvalue weighted by molar-refractivity contribution is 14.1. The van der Waals surface area contributed by atoms with Gasteiger partial charge in [-0.2, -0.15) is 0 Å². The monoisotopic (exact) mass is 283 g/mol. The van der Waals surface area contributed by atoms with Crippen molar-refractivity contribution >= 4 is 22.6 Å². The number of rotatable bonds is 2. The zero-order valence-electron chi connectivity index (χ0n) is 6.50. The van der Waals surface area contributed by atoms with Gasteiger partial charge in [-0.15, -0.1) is 0 Å². The Hall–Kier alpha value is -0.230. The molecule has 0 fully saturated rings. The Morgan fingerprint density at radius 3 is 2.58 bits per heavy atom. The molecule has 0 aliphatic heterocycles. The minimum Gasteiger partial charge on any atom is -0.316 e. The van der Waals surface area contributed by atoms with Gasteiger partial charge in [0.1, 0.15) is 11.6 Å². The van der Waals surface area contributed by atoms with Crippen molar-refractivity contribution in [3.63, 3.8) is 0 Å². The molecule has 1 rings (SSSR count). The number of hydrogen-bond donors (Lipinski definition) is 1. The Kier molecular flexibility index (Phi) is 3.39. The molecule has 0 radical (unpaired) electrons. The third-order valence-corrected chi connectivity index (χ3v) is 2.28. The van der Waals surface area contributed by atoms with Gasteiger partial charge in [0.05, 0.1) is 0 Å². The molecular weight excluding hydrogens is 275 g/mol. The average Bonchev–Trinajstić information content (AvgIpc) is 2.01. The average molecular weight is 283 g/mol. The summed E-state index contributed by atoms with van der Waals surface area (Å²) in [6.45, 7) is 0.419. The minimum absolute atomic E-state index is 0.419. The van der Waals surface area contributed by atoms with E-state index in [1.54, 1.807) is 7.05 Å². The molecule has 1 N–H and O–H groups in total. The lowest BCUT2D eigenvalue weighted by molar-refractivity contribution is 0.563. The molecular formula is C8H8F2IN. The maximum atomic E-state index is 12.9. The quantitative estimate of drug-likeness (QED) is 0.648. The van der Waals surface area contributed by atoms with Gasteiger partial charge in [0.25, 0.3) is 0 Å². The van der Waals surface area contributed by atoms with E-state index in [1.807, 2.05) is 22.6 Å². The Bertz CT molecular complexity index is 289. The van der Waals surface area contributed by atoms with E-state index in [0.717, 1.165) is 6.07 Å². The summed E-state index contributed by atoms with van der Waals surface area (Å²) in [6, 6.07) is 2.41. The lowest BCUT2D eigenvalue weighted by atomic mass is 10.2. The lowest BCUT2D eigenvalue weighted by Crippen LogP contribution is -2.07. The Morgan fingerprint density at radius 2 is 2.00 bits per heavy atom. The summed E-state index contributed by atoms with van der Waals surface area (Å²) >= 11 is 1.84. The summed E-state index contributed by atoms with van der Waals surface area (Å²) in [6.07, 6.45) is 0. The molecule has 0 unspecified atom stereocenters. The summed E-state index contributed by atoms with van der Waals surface area (Å²) in [7, 11) is 1.72. The molecule has 0 aliphatic rings. The van der Waals surface area contributed by atoms with Crippen molar-refractivity contribution in [1.82, 2.24) is 5.32 Å². The summed E-state index contributed by atoms with van der Waals surface area (Å²) in [5, 5.41) is 2.81. The van der Waals surface area contributed by atoms with Crippen LogP contribution < -0.4 is 5.32 Å². The predicted molar refractivity (Wildman–Crippen MR) is 51.8 cm³/mol. The van der Waals surface area contributed by atoms with Crippen molar-refractivity contribution < 1.29 is 8.78 Å². The molecule has 0 saturated carbocycles. The van der Waals surface area contributed by atoms with Gasteiger partial charge in [0.2, 0.25) is 0 Å². The zero-order chi connectivity index (χ0) is 9.14. The van der Waals surface area contributed by atoms with Crippen molar-refractivity contribution in [2.75, 3.05) is 7.05 Å². The number of nitrogens with one attached hydrogen (secondary N) is 1. The minimum atomic E-state index is -0.507. The molecule has 4 heteroatoms. The number of benzene rings is 1. The summed E-state index contributed by atoms with van der Waals surface area (Å²) in [5.41, 5.74) is 0.489. The Balaban J connectivity index is 3.05. The van der Waals surface area contributed by atoms with E-state index in [2.05, 4.69) is 5.32 Å². The first kappa shape index (κ1) is 9.85. The maximum Gasteiger partial charge on any atom is 0.139 e. The van der Waals surface area contributed by atoms with Gasteiger partial charge < -0.3 is 5.32 Å². The van der Waals surface area contributed by atoms with Crippen LogP contribution in [0, 0.1) is 15.2 Å². The van der Waals surface area contributed by atoms with Crippen LogP contribution in [0.5, 0.6) is 0 Å². The topological polar surface area (TPSA) is 12.0 Å². The first-order chi connectivity index (χ1) is 5.65. The van der Waals surface area contributed by atoms with Gasteiger partial charge in [-0.1, -0.05) is 0 Å². The third kappa shape index (κ3) is 2.13. The molecule has 0 saturated heterocycles. The third-order valence-electron chi connectivity index (χ3n) is 1.46. The summed E-state index contributed by atoms with van der Waals surface area (Å²) < 4.78 is 26.1. The molecule has 66 valence electrons. The van der Waals surface area contributed by atoms with Crippen LogP contribution in [-0.2, 0) is 6.54 Å². The SMILES string of the molecule is CNCc1cc(I)c(F)cc1F. The maximum absolute atomic E-state index is 12.9. The highest BCUT2D eigenvalue weighted by Gasteiger charge is 2.06. The van der Waals surface area contributed by atoms with Crippen LogP contribution in [0.4, 0.5) is 8.78 Å². The van der Waals surface area contributed by atoms with Crippen LogP contribution in [0.3, 0.4) is 0 Å². The van der Waals surface area contributed by atoms with Crippen molar-refractivity contribution in [3.8, 4) is 0 Å². The second-order valence-electron chi connectivity index (χ2n) is 2.39. The van der Waals surface area contributed by atoms with Gasteiger partial charge in [-0.3, -0.25) is 0 Å². The molecule has 0 spiro atoms. The molecule has 0 amide bonds. The number of halogens is 3. The fraction of sp³-hybridized carbons (Fsp3) is 0.250. The van der Waals surface area contributed by atoms with Gasteiger partial charge in [-0.25, -0.2) is 8.78 Å². The molecule has 0 heterocycles. The Labute approximate surface area is 83.3 Å². The first-order valence-corrected chi connectivity index (χ1v) is 4.51. The smallest absolute Gasteiger partial charge is 0.139 e. The normalized spacial score (nSPS) is 10.3. The predicted octanol–water partition coefficient (Wildman–Crippen LogP) is 2.29. The summed E-state index contributed by atoms with van der Waals surface area (Å²) in [5.74, 6) is -1.00. The lowest BCUT2D eigenvalue weighted by Gasteiger charge is -2.03. The second kappa shape index (κ2) is 4.13. The largest absolute Gasteiger partial charge is 0.316 e. The fourth-order valence-corrected chi connectivity index (χ4v) is 1.42. The van der Waals surface area contributed by atoms with Gasteiger partial charge in [-0.05, 0) is 35.7 Å². The van der Waals surface area contributed by atoms with Crippen molar-refractivity contribution in [3.05, 3.63) is 32.9 Å². The highest BCUT2D eigenvalue weighted by Crippen LogP contribution is 2.16. The van der Waals surface area contributed by atoms with Crippen LogP contribution in [0.25, 0.3) is 0 Å². The van der Waals surface area contributed by atoms with E-state index in [0.29, 0.717) is 15.7 Å². The molecule has 0 aliphatic carbocycles. The first-order valence-electron chi connectivity index (χ1n) is 3.43. The van der Waals surface area contributed by atoms with Gasteiger partial charge in [0.15, 0.2) is 0 Å². The molecule has 1 nitrogen and oxygen atoms in total. The fourth-order valence-electron chi connectivity index (χ4n) is 0.890. The van der Waals surface area contributed by atoms with Crippen molar-refractivity contribution in [2.24, 2.45) is 0 Å². The molecule has 0 atom stereocenters. The second-order valence-corrected chi connectivity index (χ2v) is 3.55. The number of hydrogen-bond acceptors (Lipinski definition) is 1. The van der Waals surface area contributed by atoms with Crippen LogP contribution in [0.15, 0.2) is 12.1 Å². The molecule has 1 aromatic carbocycles. The standard InChI is InChI=1S/C8H8F2IN/c1-12-4-5-2-8(11)7(10)3-6(5)9/h2-3,12H,4H2,1H3. The van der Waals surface area contributed by atoms with Crippen LogP contribution >= 0.6 is 22.6 Å². The van der Waals surface area contributed by atoms with Gasteiger partial charge >= 0.3 is 0 Å². The van der Waals surface area contributed by atoms with Crippen LogP contribution in [0.1, 0.15) is 5.56 Å². The van der Waals surface area contributed by atoms with E-state index in [4.69, 9.17) is 0 Å². The van der Waals surface area contributed by atoms with E-state index >= 15 is 0 Å². The zero-order valence-corrected chi connectivity index (χ0v) is 8.65. The molecule has 12 heavy (non-hydrogen) atoms. The van der Waals surface area contributed by atoms with E-state index in [1.165, 1.54) is 6.07 Å². The molecule has 0 aromatic heterocycles. The van der Waals surface area contributed by atoms with Crippen molar-refractivity contribution in [2.45, 2.75) is 6.54 Å². The molecule has 0 bridgehead atoms. The molecule has 1 aromatic rings. The van der Waals surface area contributed by atoms with Crippen molar-refractivity contribution in [1.29, 1.82) is 0 Å². The van der Waals surface area contributed by atoms with E-state index < -0.39 is 11.6 Å². The van der Waals surface area contributed by atoms with Crippen LogP contribution in [-0.4, -0.2) is 7.05 Å².